The van der Waals surface area contributed by atoms with E-state index in [-0.39, 0.29) is 11.6 Å². The molecule has 1 spiro atoms. The van der Waals surface area contributed by atoms with E-state index in [1.54, 1.807) is 17.9 Å². The largest absolute Gasteiger partial charge is 0.368 e. The monoisotopic (exact) mass is 438 g/mol. The molecule has 0 bridgehead atoms. The number of aryl methyl sites for hydroxylation is 1. The Labute approximate surface area is 184 Å². The fourth-order valence-electron chi connectivity index (χ4n) is 4.73. The first kappa shape index (κ1) is 20.8. The summed E-state index contributed by atoms with van der Waals surface area (Å²) in [4.78, 5) is 24.1. The minimum absolute atomic E-state index is 0.0205. The number of halogens is 2. The van der Waals surface area contributed by atoms with Gasteiger partial charge in [-0.05, 0) is 43.9 Å². The van der Waals surface area contributed by atoms with Crippen LogP contribution in [0.4, 0.5) is 8.78 Å². The number of benzene rings is 1. The van der Waals surface area contributed by atoms with Crippen molar-refractivity contribution in [1.29, 1.82) is 0 Å². The maximum atomic E-state index is 13.4. The molecule has 1 aromatic carbocycles. The quantitative estimate of drug-likeness (QED) is 0.610. The van der Waals surface area contributed by atoms with Crippen molar-refractivity contribution in [2.24, 2.45) is 0 Å². The Bertz CT molecular complexity index is 1140. The summed E-state index contributed by atoms with van der Waals surface area (Å²) in [5, 5.41) is 0. The third-order valence-electron chi connectivity index (χ3n) is 6.47. The molecule has 0 aliphatic carbocycles. The van der Waals surface area contributed by atoms with Crippen molar-refractivity contribution in [2.45, 2.75) is 38.3 Å². The Balaban J connectivity index is 1.40. The van der Waals surface area contributed by atoms with Gasteiger partial charge in [-0.1, -0.05) is 30.3 Å². The molecular formula is C24H24F2N4O2. The zero-order chi connectivity index (χ0) is 22.3. The van der Waals surface area contributed by atoms with E-state index in [0.717, 1.165) is 27.8 Å². The minimum atomic E-state index is -2.75. The van der Waals surface area contributed by atoms with Crippen molar-refractivity contribution in [3.63, 3.8) is 0 Å². The number of aromatic nitrogens is 3. The van der Waals surface area contributed by atoms with E-state index in [2.05, 4.69) is 4.98 Å². The molecule has 32 heavy (non-hydrogen) atoms. The first-order valence-corrected chi connectivity index (χ1v) is 10.8. The highest BCUT2D eigenvalue weighted by atomic mass is 19.3. The van der Waals surface area contributed by atoms with Gasteiger partial charge in [0, 0.05) is 30.5 Å². The van der Waals surface area contributed by atoms with Crippen LogP contribution in [0.1, 0.15) is 46.8 Å². The van der Waals surface area contributed by atoms with Gasteiger partial charge in [0.25, 0.3) is 5.91 Å². The average Bonchev–Trinajstić information content (AvgIpc) is 3.21. The van der Waals surface area contributed by atoms with Gasteiger partial charge >= 0.3 is 6.55 Å². The second-order valence-corrected chi connectivity index (χ2v) is 8.33. The molecule has 2 aliphatic heterocycles. The number of rotatable bonds is 3. The topological polar surface area (TPSA) is 60.3 Å². The Kier molecular flexibility index (Phi) is 5.25. The lowest BCUT2D eigenvalue weighted by molar-refractivity contribution is -0.0968. The van der Waals surface area contributed by atoms with Crippen LogP contribution in [0.5, 0.6) is 0 Å². The van der Waals surface area contributed by atoms with Crippen molar-refractivity contribution >= 4 is 5.91 Å². The zero-order valence-corrected chi connectivity index (χ0v) is 17.8. The van der Waals surface area contributed by atoms with Crippen molar-refractivity contribution in [1.82, 2.24) is 19.4 Å². The Morgan fingerprint density at radius 2 is 1.88 bits per heavy atom. The summed E-state index contributed by atoms with van der Waals surface area (Å²) in [6, 6.07) is 12.8. The van der Waals surface area contributed by atoms with Crippen molar-refractivity contribution in [2.75, 3.05) is 19.7 Å². The Morgan fingerprint density at radius 1 is 1.12 bits per heavy atom. The molecular weight excluding hydrogens is 414 g/mol. The van der Waals surface area contributed by atoms with Gasteiger partial charge < -0.3 is 9.64 Å². The normalized spacial score (nSPS) is 17.6. The number of carbonyl (C=O) groups excluding carboxylic acids is 1. The van der Waals surface area contributed by atoms with Crippen LogP contribution in [-0.2, 0) is 16.8 Å². The summed E-state index contributed by atoms with van der Waals surface area (Å²) < 4.78 is 33.9. The van der Waals surface area contributed by atoms with E-state index in [4.69, 9.17) is 9.72 Å². The lowest BCUT2D eigenvalue weighted by Gasteiger charge is -2.44. The summed E-state index contributed by atoms with van der Waals surface area (Å²) >= 11 is 0. The highest BCUT2D eigenvalue weighted by Gasteiger charge is 2.43. The minimum Gasteiger partial charge on any atom is -0.368 e. The molecule has 166 valence electrons. The molecule has 2 aromatic heterocycles. The average molecular weight is 438 g/mol. The summed E-state index contributed by atoms with van der Waals surface area (Å²) in [6.45, 7) is 0.224. The van der Waals surface area contributed by atoms with E-state index in [0.29, 0.717) is 44.1 Å². The number of likely N-dealkylation sites (tertiary alicyclic amines) is 1. The lowest BCUT2D eigenvalue weighted by atomic mass is 9.83. The van der Waals surface area contributed by atoms with Crippen molar-refractivity contribution in [3.8, 4) is 11.4 Å². The molecule has 0 unspecified atom stereocenters. The number of ether oxygens (including phenoxy) is 1. The highest BCUT2D eigenvalue weighted by Crippen LogP contribution is 2.41. The summed E-state index contributed by atoms with van der Waals surface area (Å²) in [5.74, 6) is 0.273. The van der Waals surface area contributed by atoms with Gasteiger partial charge in [-0.2, -0.15) is 8.78 Å². The van der Waals surface area contributed by atoms with Gasteiger partial charge in [0.2, 0.25) is 0 Å². The van der Waals surface area contributed by atoms with Crippen molar-refractivity contribution in [3.05, 3.63) is 71.3 Å². The molecule has 4 heterocycles. The van der Waals surface area contributed by atoms with Crippen LogP contribution in [0.25, 0.3) is 11.4 Å². The van der Waals surface area contributed by atoms with Crippen LogP contribution in [0.3, 0.4) is 0 Å². The molecule has 1 amide bonds. The molecule has 0 atom stereocenters. The fourth-order valence-corrected chi connectivity index (χ4v) is 4.73. The first-order valence-electron chi connectivity index (χ1n) is 10.8. The number of carbonyl (C=O) groups is 1. The van der Waals surface area contributed by atoms with E-state index < -0.39 is 12.2 Å². The number of hydrogen-bond donors (Lipinski definition) is 0. The second kappa shape index (κ2) is 8.09. The van der Waals surface area contributed by atoms with E-state index in [1.807, 2.05) is 36.5 Å². The third kappa shape index (κ3) is 3.48. The molecule has 5 rings (SSSR count). The Hall–Kier alpha value is -3.13. The predicted molar refractivity (Wildman–Crippen MR) is 114 cm³/mol. The SMILES string of the molecule is Cc1ccc(C(=O)N2CCC3(CC2)OCCc2cnc(-c4ccccc4)nc23)n1C(F)F. The number of nitrogens with zero attached hydrogens (tertiary/aromatic N) is 4. The van der Waals surface area contributed by atoms with Crippen LogP contribution in [0, 0.1) is 6.92 Å². The summed E-state index contributed by atoms with van der Waals surface area (Å²) in [5.41, 5.74) is 2.69. The molecule has 8 heteroatoms. The molecule has 2 aliphatic rings. The predicted octanol–water partition coefficient (Wildman–Crippen LogP) is 4.35. The molecule has 3 aromatic rings. The van der Waals surface area contributed by atoms with Gasteiger partial charge in [0.1, 0.15) is 11.3 Å². The third-order valence-corrected chi connectivity index (χ3v) is 6.47. The van der Waals surface area contributed by atoms with Crippen LogP contribution in [0.2, 0.25) is 0 Å². The summed E-state index contributed by atoms with van der Waals surface area (Å²) in [6.07, 6.45) is 3.75. The van der Waals surface area contributed by atoms with Gasteiger partial charge in [0.15, 0.2) is 5.82 Å². The van der Waals surface area contributed by atoms with Gasteiger partial charge in [-0.3, -0.25) is 9.36 Å². The Morgan fingerprint density at radius 3 is 2.59 bits per heavy atom. The first-order chi connectivity index (χ1) is 15.5. The lowest BCUT2D eigenvalue weighted by Crippen LogP contribution is -2.49. The van der Waals surface area contributed by atoms with E-state index in [9.17, 15) is 13.6 Å². The molecule has 1 saturated heterocycles. The van der Waals surface area contributed by atoms with Crippen LogP contribution < -0.4 is 0 Å². The van der Waals surface area contributed by atoms with Crippen molar-refractivity contribution < 1.29 is 18.3 Å². The number of piperidine rings is 1. The second-order valence-electron chi connectivity index (χ2n) is 8.33. The summed E-state index contributed by atoms with van der Waals surface area (Å²) in [7, 11) is 0. The maximum absolute atomic E-state index is 13.4. The van der Waals surface area contributed by atoms with Gasteiger partial charge in [-0.25, -0.2) is 9.97 Å². The number of amides is 1. The van der Waals surface area contributed by atoms with Crippen LogP contribution in [-0.4, -0.2) is 45.0 Å². The fraction of sp³-hybridized carbons (Fsp3) is 0.375. The molecule has 6 nitrogen and oxygen atoms in total. The van der Waals surface area contributed by atoms with E-state index >= 15 is 0 Å². The van der Waals surface area contributed by atoms with Gasteiger partial charge in [-0.15, -0.1) is 0 Å². The smallest absolute Gasteiger partial charge is 0.319 e. The number of hydrogen-bond acceptors (Lipinski definition) is 4. The molecule has 0 radical (unpaired) electrons. The molecule has 1 fully saturated rings. The standard InChI is InChI=1S/C24H24F2N4O2/c1-16-7-8-19(30(16)23(25)26)22(31)29-12-10-24(11-13-29)20-18(9-14-32-24)15-27-21(28-20)17-5-3-2-4-6-17/h2-8,15,23H,9-14H2,1H3. The maximum Gasteiger partial charge on any atom is 0.319 e. The molecule has 0 saturated carbocycles. The van der Waals surface area contributed by atoms with Gasteiger partial charge in [0.05, 0.1) is 12.3 Å². The number of fused-ring (bicyclic) bond motifs is 2. The van der Waals surface area contributed by atoms with E-state index in [1.165, 1.54) is 6.07 Å². The zero-order valence-electron chi connectivity index (χ0n) is 17.8. The highest BCUT2D eigenvalue weighted by molar-refractivity contribution is 5.93. The van der Waals surface area contributed by atoms with Crippen LogP contribution >= 0.6 is 0 Å². The number of alkyl halides is 2. The molecule has 0 N–H and O–H groups in total. The van der Waals surface area contributed by atoms with Crippen LogP contribution in [0.15, 0.2) is 48.7 Å².